The summed E-state index contributed by atoms with van der Waals surface area (Å²) in [5.41, 5.74) is 1.17. The maximum Gasteiger partial charge on any atom is 0.269 e. The minimum Gasteiger partial charge on any atom is -0.258 e. The van der Waals surface area contributed by atoms with Gasteiger partial charge in [0.25, 0.3) is 5.69 Å². The number of non-ortho nitro benzene ring substituents is 1. The van der Waals surface area contributed by atoms with E-state index in [2.05, 4.69) is 15.9 Å². The van der Waals surface area contributed by atoms with Crippen molar-refractivity contribution >= 4 is 50.0 Å². The number of benzene rings is 1. The number of hydrogen-bond donors (Lipinski definition) is 0. The molecule has 0 atom stereocenters. The van der Waals surface area contributed by atoms with Crippen molar-refractivity contribution in [3.8, 4) is 0 Å². The molecule has 0 aromatic heterocycles. The van der Waals surface area contributed by atoms with Crippen LogP contribution in [0.3, 0.4) is 0 Å². The molecule has 0 spiro atoms. The molecule has 0 saturated carbocycles. The van der Waals surface area contributed by atoms with Crippen LogP contribution in [0.1, 0.15) is 5.56 Å². The highest BCUT2D eigenvalue weighted by atomic mass is 79.9. The molecule has 1 heterocycles. The van der Waals surface area contributed by atoms with E-state index in [1.807, 2.05) is 0 Å². The van der Waals surface area contributed by atoms with Crippen LogP contribution in [0.5, 0.6) is 0 Å². The number of halogens is 1. The molecule has 0 unspecified atom stereocenters. The van der Waals surface area contributed by atoms with Crippen molar-refractivity contribution in [3.63, 3.8) is 0 Å². The molecule has 3 nitrogen and oxygen atoms in total. The lowest BCUT2D eigenvalue weighted by Crippen LogP contribution is -1.94. The second-order valence-corrected chi connectivity index (χ2v) is 6.63. The van der Waals surface area contributed by atoms with Gasteiger partial charge in [0.05, 0.1) is 8.74 Å². The summed E-state index contributed by atoms with van der Waals surface area (Å²) < 4.78 is 1.12. The fraction of sp³-hybridized carbons (Fsp3) is 0.200. The van der Waals surface area contributed by atoms with E-state index in [1.54, 1.807) is 47.8 Å². The number of nitro groups is 1. The molecule has 1 aliphatic heterocycles. The van der Waals surface area contributed by atoms with Gasteiger partial charge in [0.2, 0.25) is 0 Å². The molecule has 6 heteroatoms. The van der Waals surface area contributed by atoms with Crippen LogP contribution >= 0.6 is 39.5 Å². The maximum absolute atomic E-state index is 10.5. The van der Waals surface area contributed by atoms with Crippen LogP contribution in [0, 0.1) is 10.1 Å². The van der Waals surface area contributed by atoms with Crippen molar-refractivity contribution < 1.29 is 4.92 Å². The summed E-state index contributed by atoms with van der Waals surface area (Å²) in [6.45, 7) is 0. The zero-order valence-corrected chi connectivity index (χ0v) is 11.4. The molecule has 0 N–H and O–H groups in total. The van der Waals surface area contributed by atoms with E-state index in [-0.39, 0.29) is 10.6 Å². The van der Waals surface area contributed by atoms with Crippen molar-refractivity contribution in [2.75, 3.05) is 11.5 Å². The third-order valence-electron chi connectivity index (χ3n) is 2.08. The Morgan fingerprint density at radius 1 is 1.19 bits per heavy atom. The van der Waals surface area contributed by atoms with Crippen LogP contribution < -0.4 is 0 Å². The summed E-state index contributed by atoms with van der Waals surface area (Å²) >= 11 is 7.08. The highest BCUT2D eigenvalue weighted by Gasteiger charge is 2.14. The van der Waals surface area contributed by atoms with Gasteiger partial charge >= 0.3 is 0 Å². The summed E-state index contributed by atoms with van der Waals surface area (Å²) in [5, 5.41) is 10.5. The summed E-state index contributed by atoms with van der Waals surface area (Å²) in [4.78, 5) is 11.3. The number of hydrogen-bond acceptors (Lipinski definition) is 4. The molecule has 16 heavy (non-hydrogen) atoms. The Bertz CT molecular complexity index is 445. The minimum absolute atomic E-state index is 0.133. The molecule has 1 aliphatic rings. The molecule has 1 aromatic rings. The Hall–Kier alpha value is -0.460. The van der Waals surface area contributed by atoms with Crippen molar-refractivity contribution in [1.29, 1.82) is 0 Å². The molecule has 0 bridgehead atoms. The molecular formula is C10H8BrNO2S2. The number of nitrogens with zero attached hydrogens (tertiary/aromatic N) is 1. The van der Waals surface area contributed by atoms with Gasteiger partial charge in [-0.3, -0.25) is 10.1 Å². The molecule has 0 fully saturated rings. The van der Waals surface area contributed by atoms with E-state index in [0.717, 1.165) is 20.9 Å². The summed E-state index contributed by atoms with van der Waals surface area (Å²) in [6.07, 6.45) is 0. The lowest BCUT2D eigenvalue weighted by molar-refractivity contribution is -0.384. The van der Waals surface area contributed by atoms with Crippen LogP contribution in [-0.4, -0.2) is 16.4 Å². The standard InChI is InChI=1S/C10H8BrNO2S2/c11-10-9(15-5-6-16-10)7-1-3-8(4-2-7)12(13)14/h1-4H,5-6H2. The predicted molar refractivity (Wildman–Crippen MR) is 73.9 cm³/mol. The van der Waals surface area contributed by atoms with Crippen molar-refractivity contribution in [2.45, 2.75) is 0 Å². The fourth-order valence-corrected chi connectivity index (χ4v) is 4.46. The molecular weight excluding hydrogens is 310 g/mol. The van der Waals surface area contributed by atoms with Crippen LogP contribution in [-0.2, 0) is 0 Å². The summed E-state index contributed by atoms with van der Waals surface area (Å²) in [5.74, 6) is 2.17. The first kappa shape index (κ1) is 12.0. The van der Waals surface area contributed by atoms with Crippen molar-refractivity contribution in [3.05, 3.63) is 43.8 Å². The Labute approximate surface area is 110 Å². The van der Waals surface area contributed by atoms with E-state index >= 15 is 0 Å². The fourth-order valence-electron chi connectivity index (χ4n) is 1.33. The molecule has 2 rings (SSSR count). The Morgan fingerprint density at radius 3 is 2.38 bits per heavy atom. The van der Waals surface area contributed by atoms with Crippen molar-refractivity contribution in [2.24, 2.45) is 0 Å². The quantitative estimate of drug-likeness (QED) is 0.608. The zero-order valence-electron chi connectivity index (χ0n) is 8.18. The summed E-state index contributed by atoms with van der Waals surface area (Å²) in [6, 6.07) is 6.69. The third kappa shape index (κ3) is 2.61. The third-order valence-corrected chi connectivity index (χ3v) is 5.81. The summed E-state index contributed by atoms with van der Waals surface area (Å²) in [7, 11) is 0. The normalized spacial score (nSPS) is 16.3. The smallest absolute Gasteiger partial charge is 0.258 e. The molecule has 0 aliphatic carbocycles. The first-order valence-corrected chi connectivity index (χ1v) is 7.35. The molecule has 0 radical (unpaired) electrons. The lowest BCUT2D eigenvalue weighted by Gasteiger charge is -2.15. The van der Waals surface area contributed by atoms with Gasteiger partial charge < -0.3 is 0 Å². The van der Waals surface area contributed by atoms with Crippen LogP contribution in [0.2, 0.25) is 0 Å². The van der Waals surface area contributed by atoms with Gasteiger partial charge in [0.15, 0.2) is 0 Å². The second kappa shape index (κ2) is 5.25. The second-order valence-electron chi connectivity index (χ2n) is 3.10. The monoisotopic (exact) mass is 317 g/mol. The van der Waals surface area contributed by atoms with E-state index in [4.69, 9.17) is 0 Å². The largest absolute Gasteiger partial charge is 0.269 e. The average Bonchev–Trinajstić information content (AvgIpc) is 2.30. The first-order chi connectivity index (χ1) is 7.68. The van der Waals surface area contributed by atoms with Gasteiger partial charge in [-0.2, -0.15) is 0 Å². The van der Waals surface area contributed by atoms with Gasteiger partial charge in [-0.15, -0.1) is 23.5 Å². The van der Waals surface area contributed by atoms with E-state index < -0.39 is 0 Å². The Balaban J connectivity index is 2.31. The van der Waals surface area contributed by atoms with Gasteiger partial charge in [0, 0.05) is 28.5 Å². The van der Waals surface area contributed by atoms with E-state index in [1.165, 1.54) is 4.91 Å². The number of thioether (sulfide) groups is 2. The van der Waals surface area contributed by atoms with Gasteiger partial charge in [-0.05, 0) is 33.6 Å². The predicted octanol–water partition coefficient (Wildman–Crippen LogP) is 4.10. The minimum atomic E-state index is -0.379. The first-order valence-electron chi connectivity index (χ1n) is 4.58. The number of rotatable bonds is 2. The van der Waals surface area contributed by atoms with Gasteiger partial charge in [0.1, 0.15) is 0 Å². The zero-order chi connectivity index (χ0) is 11.5. The highest BCUT2D eigenvalue weighted by Crippen LogP contribution is 2.43. The Morgan fingerprint density at radius 2 is 1.81 bits per heavy atom. The van der Waals surface area contributed by atoms with Crippen molar-refractivity contribution in [1.82, 2.24) is 0 Å². The molecule has 0 amide bonds. The molecule has 0 saturated heterocycles. The van der Waals surface area contributed by atoms with Crippen LogP contribution in [0.15, 0.2) is 28.1 Å². The topological polar surface area (TPSA) is 43.1 Å². The van der Waals surface area contributed by atoms with E-state index in [0.29, 0.717) is 0 Å². The molecule has 1 aromatic carbocycles. The highest BCUT2D eigenvalue weighted by molar-refractivity contribution is 9.14. The van der Waals surface area contributed by atoms with Gasteiger partial charge in [-0.1, -0.05) is 0 Å². The van der Waals surface area contributed by atoms with Crippen LogP contribution in [0.25, 0.3) is 4.91 Å². The van der Waals surface area contributed by atoms with Gasteiger partial charge in [-0.25, -0.2) is 0 Å². The van der Waals surface area contributed by atoms with Crippen LogP contribution in [0.4, 0.5) is 5.69 Å². The average molecular weight is 318 g/mol. The molecule has 84 valence electrons. The van der Waals surface area contributed by atoms with E-state index in [9.17, 15) is 10.1 Å². The lowest BCUT2D eigenvalue weighted by atomic mass is 10.2. The Kier molecular flexibility index (Phi) is 3.94. The number of nitro benzene ring substituents is 1. The SMILES string of the molecule is O=[N+]([O-])c1ccc(C2=C(Br)SCCS2)cc1. The maximum atomic E-state index is 10.5.